The Balaban J connectivity index is 2.44. The van der Waals surface area contributed by atoms with Crippen LogP contribution in [-0.2, 0) is 9.59 Å². The molecule has 0 aliphatic carbocycles. The molecule has 26 heavy (non-hydrogen) atoms. The number of amides is 3. The fourth-order valence-corrected chi connectivity index (χ4v) is 2.20. The van der Waals surface area contributed by atoms with E-state index in [9.17, 15) is 14.4 Å². The van der Waals surface area contributed by atoms with Crippen LogP contribution in [-0.4, -0.2) is 22.8 Å². The average Bonchev–Trinajstić information content (AvgIpc) is 2.57. The second-order valence-electron chi connectivity index (χ2n) is 6.28. The van der Waals surface area contributed by atoms with Gasteiger partial charge in [-0.15, -0.1) is 0 Å². The molecule has 142 valence electrons. The molecule has 0 spiro atoms. The van der Waals surface area contributed by atoms with Gasteiger partial charge >= 0.3 is 0 Å². The summed E-state index contributed by atoms with van der Waals surface area (Å²) in [6.07, 6.45) is 2.62. The van der Waals surface area contributed by atoms with Crippen molar-refractivity contribution in [2.75, 3.05) is 5.32 Å². The molecule has 1 aromatic carbocycles. The van der Waals surface area contributed by atoms with Crippen LogP contribution in [0.1, 0.15) is 56.8 Å². The van der Waals surface area contributed by atoms with Gasteiger partial charge in [-0.05, 0) is 48.8 Å². The first kappa shape index (κ1) is 21.6. The minimum absolute atomic E-state index is 0.0313. The van der Waals surface area contributed by atoms with Crippen molar-refractivity contribution >= 4 is 40.7 Å². The van der Waals surface area contributed by atoms with E-state index in [2.05, 4.69) is 21.5 Å². The summed E-state index contributed by atoms with van der Waals surface area (Å²) in [4.78, 5) is 35.3. The summed E-state index contributed by atoms with van der Waals surface area (Å²) in [5.41, 5.74) is 5.92. The maximum absolute atomic E-state index is 12.1. The van der Waals surface area contributed by atoms with Crippen molar-refractivity contribution in [1.29, 1.82) is 0 Å². The minimum atomic E-state index is -0.408. The summed E-state index contributed by atoms with van der Waals surface area (Å²) in [5, 5.41) is 5.29. The van der Waals surface area contributed by atoms with Crippen LogP contribution >= 0.6 is 12.2 Å². The zero-order valence-electron chi connectivity index (χ0n) is 15.3. The summed E-state index contributed by atoms with van der Waals surface area (Å²) in [6.45, 7) is 5.87. The molecular formula is C18H26N4O3S. The number of hydrogen-bond donors (Lipinski definition) is 4. The van der Waals surface area contributed by atoms with Crippen LogP contribution in [0.5, 0.6) is 0 Å². The van der Waals surface area contributed by atoms with E-state index in [1.165, 1.54) is 0 Å². The molecule has 3 amide bonds. The molecule has 0 saturated carbocycles. The predicted octanol–water partition coefficient (Wildman–Crippen LogP) is 2.50. The smallest absolute Gasteiger partial charge is 0.269 e. The molecule has 0 aromatic heterocycles. The number of nitrogens with one attached hydrogen (secondary N) is 4. The van der Waals surface area contributed by atoms with Gasteiger partial charge in [-0.1, -0.05) is 27.2 Å². The van der Waals surface area contributed by atoms with E-state index in [1.54, 1.807) is 24.3 Å². The first-order valence-electron chi connectivity index (χ1n) is 8.62. The molecule has 0 unspecified atom stereocenters. The van der Waals surface area contributed by atoms with Gasteiger partial charge in [0.25, 0.3) is 5.91 Å². The van der Waals surface area contributed by atoms with Crippen LogP contribution in [0.15, 0.2) is 24.3 Å². The Bertz CT molecular complexity index is 644. The summed E-state index contributed by atoms with van der Waals surface area (Å²) in [7, 11) is 0. The number of thiocarbonyl (C=S) groups is 1. The topological polar surface area (TPSA) is 99.3 Å². The van der Waals surface area contributed by atoms with E-state index in [-0.39, 0.29) is 22.8 Å². The lowest BCUT2D eigenvalue weighted by atomic mass is 10.1. The predicted molar refractivity (Wildman–Crippen MR) is 105 cm³/mol. The van der Waals surface area contributed by atoms with Crippen LogP contribution in [0.3, 0.4) is 0 Å². The number of carbonyl (C=O) groups excluding carboxylic acids is 3. The van der Waals surface area contributed by atoms with Gasteiger partial charge in [0.2, 0.25) is 11.8 Å². The number of unbranched alkanes of at least 4 members (excludes halogenated alkanes) is 1. The highest BCUT2D eigenvalue weighted by Crippen LogP contribution is 2.10. The summed E-state index contributed by atoms with van der Waals surface area (Å²) in [5.74, 6) is -0.453. The van der Waals surface area contributed by atoms with E-state index in [0.717, 1.165) is 12.8 Å². The third kappa shape index (κ3) is 8.57. The maximum atomic E-state index is 12.1. The first-order chi connectivity index (χ1) is 12.3. The highest BCUT2D eigenvalue weighted by Gasteiger charge is 2.09. The Morgan fingerprint density at radius 2 is 1.69 bits per heavy atom. The third-order valence-electron chi connectivity index (χ3n) is 3.32. The molecule has 4 N–H and O–H groups in total. The Labute approximate surface area is 159 Å². The molecule has 0 bridgehead atoms. The van der Waals surface area contributed by atoms with Crippen molar-refractivity contribution < 1.29 is 14.4 Å². The lowest BCUT2D eigenvalue weighted by Gasteiger charge is -2.12. The Morgan fingerprint density at radius 3 is 2.27 bits per heavy atom. The van der Waals surface area contributed by atoms with E-state index in [1.807, 2.05) is 20.8 Å². The minimum Gasteiger partial charge on any atom is -0.326 e. The molecule has 0 saturated heterocycles. The SMILES string of the molecule is CCCCC(=O)Nc1ccc(C(=O)NNC(=S)NC(=O)CC(C)C)cc1. The standard InChI is InChI=1S/C18H26N4O3S/c1-4-5-6-15(23)19-14-9-7-13(8-10-14)17(25)21-22-18(26)20-16(24)11-12(2)3/h7-10,12H,4-6,11H2,1-3H3,(H,19,23)(H,21,25)(H2,20,22,24,26). The fraction of sp³-hybridized carbons (Fsp3) is 0.444. The fourth-order valence-electron chi connectivity index (χ4n) is 2.03. The zero-order valence-corrected chi connectivity index (χ0v) is 16.2. The molecule has 7 nitrogen and oxygen atoms in total. The second kappa shape index (κ2) is 11.2. The average molecular weight is 378 g/mol. The number of benzene rings is 1. The molecule has 0 radical (unpaired) electrons. The van der Waals surface area contributed by atoms with Gasteiger partial charge in [-0.3, -0.25) is 25.2 Å². The Hall–Kier alpha value is -2.48. The lowest BCUT2D eigenvalue weighted by Crippen LogP contribution is -2.48. The van der Waals surface area contributed by atoms with E-state index >= 15 is 0 Å². The molecule has 8 heteroatoms. The van der Waals surface area contributed by atoms with Crippen LogP contribution in [0.2, 0.25) is 0 Å². The number of rotatable bonds is 7. The number of hydrazine groups is 1. The van der Waals surface area contributed by atoms with Crippen LogP contribution < -0.4 is 21.5 Å². The summed E-state index contributed by atoms with van der Waals surface area (Å²) >= 11 is 4.95. The molecular weight excluding hydrogens is 352 g/mol. The first-order valence-corrected chi connectivity index (χ1v) is 9.02. The van der Waals surface area contributed by atoms with Gasteiger partial charge in [0, 0.05) is 24.1 Å². The van der Waals surface area contributed by atoms with Crippen molar-refractivity contribution in [3.63, 3.8) is 0 Å². The number of carbonyl (C=O) groups is 3. The van der Waals surface area contributed by atoms with E-state index in [0.29, 0.717) is 24.1 Å². The van der Waals surface area contributed by atoms with Crippen molar-refractivity contribution in [3.05, 3.63) is 29.8 Å². The molecule has 1 rings (SSSR count). The maximum Gasteiger partial charge on any atom is 0.269 e. The van der Waals surface area contributed by atoms with E-state index in [4.69, 9.17) is 12.2 Å². The number of anilines is 1. The highest BCUT2D eigenvalue weighted by atomic mass is 32.1. The van der Waals surface area contributed by atoms with Crippen LogP contribution in [0, 0.1) is 5.92 Å². The molecule has 1 aromatic rings. The normalized spacial score (nSPS) is 10.2. The van der Waals surface area contributed by atoms with Gasteiger partial charge in [0.05, 0.1) is 0 Å². The van der Waals surface area contributed by atoms with Crippen LogP contribution in [0.4, 0.5) is 5.69 Å². The molecule has 0 heterocycles. The van der Waals surface area contributed by atoms with Crippen molar-refractivity contribution in [3.8, 4) is 0 Å². The second-order valence-corrected chi connectivity index (χ2v) is 6.69. The highest BCUT2D eigenvalue weighted by molar-refractivity contribution is 7.80. The summed E-state index contributed by atoms with van der Waals surface area (Å²) < 4.78 is 0. The molecule has 0 aliphatic rings. The van der Waals surface area contributed by atoms with Crippen molar-refractivity contribution in [1.82, 2.24) is 16.2 Å². The molecule has 0 atom stereocenters. The van der Waals surface area contributed by atoms with Crippen molar-refractivity contribution in [2.24, 2.45) is 5.92 Å². The largest absolute Gasteiger partial charge is 0.326 e. The molecule has 0 fully saturated rings. The Kier molecular flexibility index (Phi) is 9.29. The zero-order chi connectivity index (χ0) is 19.5. The Morgan fingerprint density at radius 1 is 1.04 bits per heavy atom. The quantitative estimate of drug-likeness (QED) is 0.432. The van der Waals surface area contributed by atoms with E-state index < -0.39 is 5.91 Å². The molecule has 0 aliphatic heterocycles. The number of hydrogen-bond acceptors (Lipinski definition) is 4. The van der Waals surface area contributed by atoms with Gasteiger partial charge in [0.15, 0.2) is 5.11 Å². The van der Waals surface area contributed by atoms with Gasteiger partial charge in [-0.2, -0.15) is 0 Å². The van der Waals surface area contributed by atoms with Gasteiger partial charge in [0.1, 0.15) is 0 Å². The third-order valence-corrected chi connectivity index (χ3v) is 3.53. The van der Waals surface area contributed by atoms with Gasteiger partial charge < -0.3 is 10.6 Å². The lowest BCUT2D eigenvalue weighted by molar-refractivity contribution is -0.120. The summed E-state index contributed by atoms with van der Waals surface area (Å²) in [6, 6.07) is 6.49. The van der Waals surface area contributed by atoms with Crippen molar-refractivity contribution in [2.45, 2.75) is 46.5 Å². The van der Waals surface area contributed by atoms with Crippen LogP contribution in [0.25, 0.3) is 0 Å². The monoisotopic (exact) mass is 378 g/mol. The van der Waals surface area contributed by atoms with Gasteiger partial charge in [-0.25, -0.2) is 0 Å².